The molecule has 3 aromatic rings. The molecule has 0 aliphatic carbocycles. The number of rotatable bonds is 8. The fourth-order valence-corrected chi connectivity index (χ4v) is 3.85. The Labute approximate surface area is 194 Å². The SMILES string of the molecule is Cc1cc(C(C)N2Cc3c(ccnc3NC(=O)Cc3cncn3C)C2=O)cnc1OCC(F)F. The lowest BCUT2D eigenvalue weighted by atomic mass is 10.1. The first kappa shape index (κ1) is 23.3. The molecule has 2 amide bonds. The van der Waals surface area contributed by atoms with Gasteiger partial charge in [-0.15, -0.1) is 0 Å². The van der Waals surface area contributed by atoms with Crippen LogP contribution in [0.15, 0.2) is 37.1 Å². The summed E-state index contributed by atoms with van der Waals surface area (Å²) in [4.78, 5) is 39.8. The fraction of sp³-hybridized carbons (Fsp3) is 0.348. The molecule has 1 unspecified atom stereocenters. The van der Waals surface area contributed by atoms with Crippen molar-refractivity contribution in [1.29, 1.82) is 0 Å². The second kappa shape index (κ2) is 9.54. The van der Waals surface area contributed by atoms with Crippen molar-refractivity contribution in [2.24, 2.45) is 7.05 Å². The van der Waals surface area contributed by atoms with Crippen LogP contribution in [0.5, 0.6) is 5.88 Å². The number of fused-ring (bicyclic) bond motifs is 1. The molecule has 0 fully saturated rings. The van der Waals surface area contributed by atoms with Crippen molar-refractivity contribution in [2.75, 3.05) is 11.9 Å². The molecular formula is C23H24F2N6O3. The zero-order valence-corrected chi connectivity index (χ0v) is 19.0. The molecule has 0 aromatic carbocycles. The molecule has 1 aliphatic rings. The average molecular weight is 470 g/mol. The number of amides is 2. The summed E-state index contributed by atoms with van der Waals surface area (Å²) < 4.78 is 31.6. The van der Waals surface area contributed by atoms with Gasteiger partial charge in [-0.1, -0.05) is 0 Å². The van der Waals surface area contributed by atoms with E-state index in [0.717, 1.165) is 11.3 Å². The molecule has 3 aromatic heterocycles. The molecule has 0 bridgehead atoms. The van der Waals surface area contributed by atoms with E-state index >= 15 is 0 Å². The maximum Gasteiger partial charge on any atom is 0.272 e. The number of carbonyl (C=O) groups is 2. The number of pyridine rings is 2. The number of halogens is 2. The Morgan fingerprint density at radius 3 is 2.76 bits per heavy atom. The Morgan fingerprint density at radius 2 is 2.09 bits per heavy atom. The first-order valence-corrected chi connectivity index (χ1v) is 10.7. The second-order valence-corrected chi connectivity index (χ2v) is 8.11. The summed E-state index contributed by atoms with van der Waals surface area (Å²) in [5.41, 5.74) is 3.19. The van der Waals surface area contributed by atoms with Crippen LogP contribution in [-0.4, -0.2) is 49.3 Å². The summed E-state index contributed by atoms with van der Waals surface area (Å²) in [5.74, 6) is 0.0260. The van der Waals surface area contributed by atoms with Crippen LogP contribution >= 0.6 is 0 Å². The number of anilines is 1. The molecule has 0 saturated heterocycles. The van der Waals surface area contributed by atoms with Gasteiger partial charge in [-0.05, 0) is 31.5 Å². The van der Waals surface area contributed by atoms with Gasteiger partial charge in [-0.25, -0.2) is 23.7 Å². The van der Waals surface area contributed by atoms with Gasteiger partial charge >= 0.3 is 0 Å². The number of ether oxygens (including phenoxy) is 1. The van der Waals surface area contributed by atoms with Gasteiger partial charge in [0.2, 0.25) is 11.8 Å². The Balaban J connectivity index is 1.49. The van der Waals surface area contributed by atoms with Gasteiger partial charge in [0, 0.05) is 48.0 Å². The van der Waals surface area contributed by atoms with E-state index < -0.39 is 13.0 Å². The number of alkyl halides is 2. The lowest BCUT2D eigenvalue weighted by molar-refractivity contribution is -0.115. The molecular weight excluding hydrogens is 446 g/mol. The van der Waals surface area contributed by atoms with Crippen LogP contribution in [0, 0.1) is 6.92 Å². The number of imidazole rings is 1. The maximum atomic E-state index is 13.1. The van der Waals surface area contributed by atoms with Crippen molar-refractivity contribution in [2.45, 2.75) is 39.3 Å². The van der Waals surface area contributed by atoms with Crippen LogP contribution in [0.2, 0.25) is 0 Å². The first-order chi connectivity index (χ1) is 16.2. The van der Waals surface area contributed by atoms with Gasteiger partial charge in [-0.3, -0.25) is 9.59 Å². The number of hydrogen-bond donors (Lipinski definition) is 1. The van der Waals surface area contributed by atoms with Gasteiger partial charge in [0.05, 0.1) is 25.3 Å². The van der Waals surface area contributed by atoms with Crippen molar-refractivity contribution >= 4 is 17.6 Å². The summed E-state index contributed by atoms with van der Waals surface area (Å²) in [6.45, 7) is 3.09. The molecule has 1 aliphatic heterocycles. The van der Waals surface area contributed by atoms with E-state index in [1.165, 1.54) is 12.4 Å². The average Bonchev–Trinajstić information content (AvgIpc) is 3.35. The molecule has 0 saturated carbocycles. The number of carbonyl (C=O) groups excluding carboxylic acids is 2. The van der Waals surface area contributed by atoms with Crippen molar-refractivity contribution in [3.05, 3.63) is 65.0 Å². The summed E-state index contributed by atoms with van der Waals surface area (Å²) in [7, 11) is 1.81. The highest BCUT2D eigenvalue weighted by molar-refractivity contribution is 6.01. The number of nitrogens with one attached hydrogen (secondary N) is 1. The maximum absolute atomic E-state index is 13.1. The van der Waals surface area contributed by atoms with Crippen LogP contribution in [0.4, 0.5) is 14.6 Å². The molecule has 11 heteroatoms. The van der Waals surface area contributed by atoms with Crippen molar-refractivity contribution in [3.63, 3.8) is 0 Å². The van der Waals surface area contributed by atoms with Crippen LogP contribution in [0.25, 0.3) is 0 Å². The zero-order chi connectivity index (χ0) is 24.4. The van der Waals surface area contributed by atoms with E-state index in [4.69, 9.17) is 4.74 Å². The van der Waals surface area contributed by atoms with E-state index in [2.05, 4.69) is 20.3 Å². The molecule has 4 heterocycles. The van der Waals surface area contributed by atoms with Crippen molar-refractivity contribution < 1.29 is 23.1 Å². The molecule has 1 N–H and O–H groups in total. The van der Waals surface area contributed by atoms with Crippen LogP contribution < -0.4 is 10.1 Å². The van der Waals surface area contributed by atoms with Crippen molar-refractivity contribution in [1.82, 2.24) is 24.4 Å². The predicted octanol–water partition coefficient (Wildman–Crippen LogP) is 3.06. The standard InChI is InChI=1S/C23H24F2N6O3/c1-13-6-15(8-28-22(13)34-11-19(24)25)14(2)31-10-18-17(23(31)33)4-5-27-21(18)29-20(32)7-16-9-26-12-30(16)3/h4-6,8-9,12,14,19H,7,10-11H2,1-3H3,(H,27,29,32). The fourth-order valence-electron chi connectivity index (χ4n) is 3.85. The quantitative estimate of drug-likeness (QED) is 0.543. The minimum absolute atomic E-state index is 0.126. The summed E-state index contributed by atoms with van der Waals surface area (Å²) >= 11 is 0. The Morgan fingerprint density at radius 1 is 1.29 bits per heavy atom. The molecule has 0 spiro atoms. The molecule has 1 atom stereocenters. The van der Waals surface area contributed by atoms with E-state index in [1.54, 1.807) is 48.1 Å². The zero-order valence-electron chi connectivity index (χ0n) is 19.0. The van der Waals surface area contributed by atoms with Gasteiger partial charge < -0.3 is 19.5 Å². The highest BCUT2D eigenvalue weighted by Crippen LogP contribution is 2.34. The Kier molecular flexibility index (Phi) is 6.53. The predicted molar refractivity (Wildman–Crippen MR) is 119 cm³/mol. The molecule has 4 rings (SSSR count). The topological polar surface area (TPSA) is 102 Å². The van der Waals surface area contributed by atoms with Crippen LogP contribution in [0.3, 0.4) is 0 Å². The Bertz CT molecular complexity index is 1230. The monoisotopic (exact) mass is 470 g/mol. The van der Waals surface area contributed by atoms with Gasteiger partial charge in [-0.2, -0.15) is 0 Å². The van der Waals surface area contributed by atoms with Crippen molar-refractivity contribution in [3.8, 4) is 5.88 Å². The lowest BCUT2D eigenvalue weighted by Crippen LogP contribution is -2.27. The molecule has 9 nitrogen and oxygen atoms in total. The summed E-state index contributed by atoms with van der Waals surface area (Å²) in [6.07, 6.45) is 3.78. The Hall–Kier alpha value is -3.89. The first-order valence-electron chi connectivity index (χ1n) is 10.7. The van der Waals surface area contributed by atoms with Crippen LogP contribution in [0.1, 0.15) is 45.7 Å². The second-order valence-electron chi connectivity index (χ2n) is 8.11. The van der Waals surface area contributed by atoms with E-state index in [-0.39, 0.29) is 36.7 Å². The lowest BCUT2D eigenvalue weighted by Gasteiger charge is -2.25. The number of nitrogens with zero attached hydrogens (tertiary/aromatic N) is 5. The van der Waals surface area contributed by atoms with Gasteiger partial charge in [0.1, 0.15) is 5.82 Å². The number of aryl methyl sites for hydroxylation is 2. The smallest absolute Gasteiger partial charge is 0.272 e. The van der Waals surface area contributed by atoms with E-state index in [1.807, 2.05) is 6.92 Å². The normalized spacial score (nSPS) is 13.8. The minimum Gasteiger partial charge on any atom is -0.471 e. The summed E-state index contributed by atoms with van der Waals surface area (Å²) in [5, 5.41) is 2.81. The number of hydrogen-bond acceptors (Lipinski definition) is 6. The highest BCUT2D eigenvalue weighted by atomic mass is 19.3. The molecule has 0 radical (unpaired) electrons. The number of aromatic nitrogens is 4. The van der Waals surface area contributed by atoms with Gasteiger partial charge in [0.25, 0.3) is 12.3 Å². The largest absolute Gasteiger partial charge is 0.471 e. The van der Waals surface area contributed by atoms with E-state index in [0.29, 0.717) is 22.5 Å². The van der Waals surface area contributed by atoms with Gasteiger partial charge in [0.15, 0.2) is 6.61 Å². The third-order valence-corrected chi connectivity index (χ3v) is 5.74. The molecule has 34 heavy (non-hydrogen) atoms. The van der Waals surface area contributed by atoms with E-state index in [9.17, 15) is 18.4 Å². The molecule has 178 valence electrons. The van der Waals surface area contributed by atoms with Crippen LogP contribution in [-0.2, 0) is 24.8 Å². The summed E-state index contributed by atoms with van der Waals surface area (Å²) in [6, 6.07) is 3.04. The highest BCUT2D eigenvalue weighted by Gasteiger charge is 2.34. The third-order valence-electron chi connectivity index (χ3n) is 5.74. The third kappa shape index (κ3) is 4.73. The minimum atomic E-state index is -2.59.